The van der Waals surface area contributed by atoms with E-state index in [2.05, 4.69) is 23.4 Å². The van der Waals surface area contributed by atoms with Crippen LogP contribution in [0, 0.1) is 19.8 Å². The van der Waals surface area contributed by atoms with Gasteiger partial charge in [-0.05, 0) is 50.1 Å². The first-order valence-corrected chi connectivity index (χ1v) is 9.97. The lowest BCUT2D eigenvalue weighted by Crippen LogP contribution is -2.46. The van der Waals surface area contributed by atoms with Crippen LogP contribution >= 0.6 is 11.3 Å². The zero-order chi connectivity index (χ0) is 18.7. The molecular weight excluding hydrogens is 348 g/mol. The van der Waals surface area contributed by atoms with Gasteiger partial charge in [0.2, 0.25) is 5.91 Å². The second-order valence-electron chi connectivity index (χ2n) is 7.09. The summed E-state index contributed by atoms with van der Waals surface area (Å²) in [5.41, 5.74) is 2.14. The fourth-order valence-electron chi connectivity index (χ4n) is 3.44. The van der Waals surface area contributed by atoms with Gasteiger partial charge in [0.1, 0.15) is 6.04 Å². The Labute approximate surface area is 158 Å². The molecule has 2 amide bonds. The van der Waals surface area contributed by atoms with Crippen LogP contribution in [0.4, 0.5) is 0 Å². The molecule has 0 saturated carbocycles. The maximum absolute atomic E-state index is 12.6. The molecule has 0 aromatic carbocycles. The van der Waals surface area contributed by atoms with E-state index in [9.17, 15) is 9.59 Å². The van der Waals surface area contributed by atoms with Gasteiger partial charge in [0.25, 0.3) is 5.91 Å². The number of amides is 2. The van der Waals surface area contributed by atoms with Crippen LogP contribution in [-0.2, 0) is 11.3 Å². The maximum atomic E-state index is 12.6. The molecule has 1 aliphatic heterocycles. The van der Waals surface area contributed by atoms with E-state index in [1.807, 2.05) is 36.0 Å². The SMILES string of the molecule is Cc1cc(C)n(CC(C)CNC(=O)[C@@H]2CCCN2C(=O)c2cccs2)n1. The van der Waals surface area contributed by atoms with Crippen molar-refractivity contribution in [2.24, 2.45) is 5.92 Å². The number of aromatic nitrogens is 2. The summed E-state index contributed by atoms with van der Waals surface area (Å²) in [6, 6.07) is 5.38. The molecule has 140 valence electrons. The quantitative estimate of drug-likeness (QED) is 0.845. The summed E-state index contributed by atoms with van der Waals surface area (Å²) in [5, 5.41) is 9.39. The lowest BCUT2D eigenvalue weighted by molar-refractivity contribution is -0.125. The summed E-state index contributed by atoms with van der Waals surface area (Å²) in [5.74, 6) is 0.181. The topological polar surface area (TPSA) is 67.2 Å². The van der Waals surface area contributed by atoms with Crippen LogP contribution in [0.25, 0.3) is 0 Å². The molecule has 2 aromatic rings. The standard InChI is InChI=1S/C19H26N4O2S/c1-13(12-23-15(3)10-14(2)21-23)11-20-18(24)16-6-4-8-22(16)19(25)17-7-5-9-26-17/h5,7,9-10,13,16H,4,6,8,11-12H2,1-3H3,(H,20,24)/t13?,16-/m0/s1. The number of thiophene rings is 1. The number of carbonyl (C=O) groups is 2. The first-order valence-electron chi connectivity index (χ1n) is 9.09. The maximum Gasteiger partial charge on any atom is 0.264 e. The van der Waals surface area contributed by atoms with Crippen molar-refractivity contribution in [1.29, 1.82) is 0 Å². The molecule has 0 radical (unpaired) electrons. The van der Waals surface area contributed by atoms with Gasteiger partial charge in [-0.15, -0.1) is 11.3 Å². The Kier molecular flexibility index (Phi) is 5.76. The van der Waals surface area contributed by atoms with Crippen LogP contribution in [0.5, 0.6) is 0 Å². The second-order valence-corrected chi connectivity index (χ2v) is 8.04. The van der Waals surface area contributed by atoms with Crippen LogP contribution in [0.3, 0.4) is 0 Å². The fraction of sp³-hybridized carbons (Fsp3) is 0.526. The van der Waals surface area contributed by atoms with Crippen molar-refractivity contribution in [3.63, 3.8) is 0 Å². The van der Waals surface area contributed by atoms with Gasteiger partial charge in [0.05, 0.1) is 10.6 Å². The van der Waals surface area contributed by atoms with E-state index in [0.717, 1.165) is 30.8 Å². The molecule has 1 fully saturated rings. The normalized spacial score (nSPS) is 18.1. The van der Waals surface area contributed by atoms with Crippen molar-refractivity contribution >= 4 is 23.2 Å². The summed E-state index contributed by atoms with van der Waals surface area (Å²) >= 11 is 1.42. The van der Waals surface area contributed by atoms with Crippen molar-refractivity contribution in [2.75, 3.05) is 13.1 Å². The zero-order valence-electron chi connectivity index (χ0n) is 15.6. The van der Waals surface area contributed by atoms with E-state index >= 15 is 0 Å². The highest BCUT2D eigenvalue weighted by Gasteiger charge is 2.34. The fourth-order valence-corrected chi connectivity index (χ4v) is 4.12. The smallest absolute Gasteiger partial charge is 0.264 e. The minimum Gasteiger partial charge on any atom is -0.354 e. The molecule has 0 bridgehead atoms. The number of nitrogens with one attached hydrogen (secondary N) is 1. The van der Waals surface area contributed by atoms with E-state index in [1.54, 1.807) is 4.90 Å². The number of rotatable bonds is 6. The Balaban J connectivity index is 1.53. The molecule has 2 aromatic heterocycles. The Bertz CT molecular complexity index is 769. The van der Waals surface area contributed by atoms with Crippen LogP contribution < -0.4 is 5.32 Å². The molecular formula is C19H26N4O2S. The highest BCUT2D eigenvalue weighted by atomic mass is 32.1. The number of aryl methyl sites for hydroxylation is 2. The summed E-state index contributed by atoms with van der Waals surface area (Å²) < 4.78 is 1.98. The monoisotopic (exact) mass is 374 g/mol. The number of hydrogen-bond donors (Lipinski definition) is 1. The number of likely N-dealkylation sites (tertiary alicyclic amines) is 1. The largest absolute Gasteiger partial charge is 0.354 e. The van der Waals surface area contributed by atoms with Gasteiger partial charge in [-0.25, -0.2) is 0 Å². The van der Waals surface area contributed by atoms with Crippen LogP contribution in [0.2, 0.25) is 0 Å². The highest BCUT2D eigenvalue weighted by Crippen LogP contribution is 2.22. The van der Waals surface area contributed by atoms with Gasteiger partial charge in [0, 0.05) is 25.3 Å². The van der Waals surface area contributed by atoms with Gasteiger partial charge >= 0.3 is 0 Å². The molecule has 26 heavy (non-hydrogen) atoms. The summed E-state index contributed by atoms with van der Waals surface area (Å²) in [4.78, 5) is 27.6. The van der Waals surface area contributed by atoms with Crippen LogP contribution in [0.15, 0.2) is 23.6 Å². The van der Waals surface area contributed by atoms with E-state index in [0.29, 0.717) is 18.0 Å². The molecule has 1 unspecified atom stereocenters. The van der Waals surface area contributed by atoms with Crippen molar-refractivity contribution in [3.8, 4) is 0 Å². The van der Waals surface area contributed by atoms with E-state index in [1.165, 1.54) is 11.3 Å². The Morgan fingerprint density at radius 2 is 2.23 bits per heavy atom. The Morgan fingerprint density at radius 3 is 2.88 bits per heavy atom. The van der Waals surface area contributed by atoms with Crippen LogP contribution in [0.1, 0.15) is 40.8 Å². The number of hydrogen-bond acceptors (Lipinski definition) is 4. The summed E-state index contributed by atoms with van der Waals surface area (Å²) in [6.45, 7) is 8.11. The highest BCUT2D eigenvalue weighted by molar-refractivity contribution is 7.12. The number of nitrogens with zero attached hydrogens (tertiary/aromatic N) is 3. The predicted molar refractivity (Wildman–Crippen MR) is 102 cm³/mol. The Hall–Kier alpha value is -2.15. The molecule has 6 nitrogen and oxygen atoms in total. The zero-order valence-corrected chi connectivity index (χ0v) is 16.4. The summed E-state index contributed by atoms with van der Waals surface area (Å²) in [6.07, 6.45) is 1.60. The lowest BCUT2D eigenvalue weighted by Gasteiger charge is -2.24. The van der Waals surface area contributed by atoms with Gasteiger partial charge in [-0.3, -0.25) is 14.3 Å². The van der Waals surface area contributed by atoms with Crippen LogP contribution in [-0.4, -0.2) is 45.6 Å². The minimum atomic E-state index is -0.356. The van der Waals surface area contributed by atoms with E-state index in [-0.39, 0.29) is 23.8 Å². The molecule has 1 N–H and O–H groups in total. The second kappa shape index (κ2) is 8.03. The van der Waals surface area contributed by atoms with Gasteiger partial charge < -0.3 is 10.2 Å². The average Bonchev–Trinajstić information content (AvgIpc) is 3.33. The lowest BCUT2D eigenvalue weighted by atomic mass is 10.1. The first kappa shape index (κ1) is 18.6. The molecule has 1 saturated heterocycles. The van der Waals surface area contributed by atoms with Crippen molar-refractivity contribution in [3.05, 3.63) is 39.8 Å². The van der Waals surface area contributed by atoms with Gasteiger partial charge in [-0.1, -0.05) is 13.0 Å². The van der Waals surface area contributed by atoms with E-state index in [4.69, 9.17) is 0 Å². The van der Waals surface area contributed by atoms with Gasteiger partial charge in [-0.2, -0.15) is 5.10 Å². The molecule has 2 atom stereocenters. The predicted octanol–water partition coefficient (Wildman–Crippen LogP) is 2.62. The molecule has 0 spiro atoms. The van der Waals surface area contributed by atoms with Crippen molar-refractivity contribution < 1.29 is 9.59 Å². The molecule has 0 aliphatic carbocycles. The van der Waals surface area contributed by atoms with Gasteiger partial charge in [0.15, 0.2) is 0 Å². The summed E-state index contributed by atoms with van der Waals surface area (Å²) in [7, 11) is 0. The van der Waals surface area contributed by atoms with E-state index < -0.39 is 0 Å². The third kappa shape index (κ3) is 4.15. The average molecular weight is 375 g/mol. The van der Waals surface area contributed by atoms with Crippen molar-refractivity contribution in [1.82, 2.24) is 20.0 Å². The number of carbonyl (C=O) groups excluding carboxylic acids is 2. The molecule has 3 rings (SSSR count). The first-order chi connectivity index (χ1) is 12.5. The third-order valence-electron chi connectivity index (χ3n) is 4.76. The molecule has 7 heteroatoms. The Morgan fingerprint density at radius 1 is 1.42 bits per heavy atom. The third-order valence-corrected chi connectivity index (χ3v) is 5.62. The van der Waals surface area contributed by atoms with Crippen molar-refractivity contribution in [2.45, 2.75) is 46.2 Å². The minimum absolute atomic E-state index is 0.0339. The molecule has 3 heterocycles. The molecule has 1 aliphatic rings.